The Labute approximate surface area is 186 Å². The first-order valence-electron chi connectivity index (χ1n) is 10.3. The Morgan fingerprint density at radius 2 is 1.56 bits per heavy atom. The Hall–Kier alpha value is -3.80. The molecule has 3 nitrogen and oxygen atoms in total. The van der Waals surface area contributed by atoms with Gasteiger partial charge in [0, 0.05) is 18.0 Å². The largest absolute Gasteiger partial charge is 0.678 e. The average molecular weight is 425 g/mol. The minimum absolute atomic E-state index is 0.172. The molecular weight excluding hydrogens is 403 g/mol. The number of rotatable bonds is 4. The molecule has 0 amide bonds. The van der Waals surface area contributed by atoms with Crippen molar-refractivity contribution in [1.82, 2.24) is 4.48 Å². The van der Waals surface area contributed by atoms with Crippen molar-refractivity contribution in [2.45, 2.75) is 6.92 Å². The van der Waals surface area contributed by atoms with Crippen molar-refractivity contribution in [3.8, 4) is 0 Å². The van der Waals surface area contributed by atoms with Gasteiger partial charge in [0.2, 0.25) is 0 Å². The molecule has 0 saturated heterocycles. The fourth-order valence-corrected chi connectivity index (χ4v) is 3.62. The Morgan fingerprint density at radius 1 is 0.875 bits per heavy atom. The van der Waals surface area contributed by atoms with Gasteiger partial charge < -0.3 is 4.48 Å². The van der Waals surface area contributed by atoms with Crippen molar-refractivity contribution in [2.75, 3.05) is 7.05 Å². The van der Waals surface area contributed by atoms with Gasteiger partial charge >= 0.3 is 7.40 Å². The lowest BCUT2D eigenvalue weighted by molar-refractivity contribution is 0.622. The van der Waals surface area contributed by atoms with Crippen molar-refractivity contribution in [2.24, 2.45) is 9.98 Å². The number of fused-ring (bicyclic) bond motifs is 1. The van der Waals surface area contributed by atoms with Crippen molar-refractivity contribution >= 4 is 35.7 Å². The highest BCUT2D eigenvalue weighted by atomic mass is 19.2. The monoisotopic (exact) mass is 425 g/mol. The van der Waals surface area contributed by atoms with E-state index in [2.05, 4.69) is 4.99 Å². The number of hydrogen-bond donors (Lipinski definition) is 0. The molecule has 0 aliphatic rings. The molecule has 4 aromatic rings. The van der Waals surface area contributed by atoms with E-state index in [0.717, 1.165) is 32.1 Å². The summed E-state index contributed by atoms with van der Waals surface area (Å²) in [5.74, 6) is 0.380. The van der Waals surface area contributed by atoms with Gasteiger partial charge in [0.1, 0.15) is 5.49 Å². The van der Waals surface area contributed by atoms with Crippen LogP contribution in [0.4, 0.5) is 8.63 Å². The van der Waals surface area contributed by atoms with Crippen molar-refractivity contribution in [3.05, 3.63) is 113 Å². The highest BCUT2D eigenvalue weighted by molar-refractivity contribution is 6.40. The quantitative estimate of drug-likeness (QED) is 0.169. The molecule has 0 aliphatic carbocycles. The van der Waals surface area contributed by atoms with E-state index in [4.69, 9.17) is 4.99 Å². The highest BCUT2D eigenvalue weighted by Crippen LogP contribution is 2.22. The summed E-state index contributed by atoms with van der Waals surface area (Å²) in [6, 6.07) is 26.8. The number of aryl methyl sites for hydroxylation is 1. The zero-order valence-electron chi connectivity index (χ0n) is 17.9. The molecule has 0 bridgehead atoms. The summed E-state index contributed by atoms with van der Waals surface area (Å²) in [4.78, 5) is 9.11. The molecule has 0 unspecified atom stereocenters. The standard InChI is InChI=1S/C26H22BF2N3/c1-19-10-6-7-14-22(19)18-24(20-11-4-3-5-12-20)25(30-2)31-26-23-15-9-8-13-21(23)16-17-32(26)27(28)29/h3-18H,1-2H3/b24-18-,30-25-,31-26-. The lowest BCUT2D eigenvalue weighted by atomic mass is 9.99. The second kappa shape index (κ2) is 9.56. The smallest absolute Gasteiger partial charge is 0.316 e. The summed E-state index contributed by atoms with van der Waals surface area (Å²) in [7, 11) is -1.09. The maximum atomic E-state index is 13.9. The molecule has 0 saturated carbocycles. The maximum absolute atomic E-state index is 13.9. The molecule has 1 heterocycles. The topological polar surface area (TPSA) is 29.6 Å². The first-order chi connectivity index (χ1) is 15.6. The third-order valence-electron chi connectivity index (χ3n) is 5.31. The molecule has 0 atom stereocenters. The van der Waals surface area contributed by atoms with Gasteiger partial charge in [-0.15, -0.1) is 0 Å². The minimum Gasteiger partial charge on any atom is -0.316 e. The first kappa shape index (κ1) is 21.4. The Balaban J connectivity index is 2.00. The SMILES string of the molecule is C/N=C(\N=c1\c2ccccc2ccn1B(F)F)C(=C\c1ccccc1C)/c1ccccc1. The van der Waals surface area contributed by atoms with Crippen LogP contribution in [0.25, 0.3) is 22.4 Å². The predicted molar refractivity (Wildman–Crippen MR) is 130 cm³/mol. The zero-order valence-corrected chi connectivity index (χ0v) is 17.9. The van der Waals surface area contributed by atoms with Gasteiger partial charge in [-0.3, -0.25) is 13.6 Å². The van der Waals surface area contributed by atoms with Gasteiger partial charge in [-0.1, -0.05) is 78.9 Å². The third-order valence-corrected chi connectivity index (χ3v) is 5.31. The number of amidine groups is 1. The number of halogens is 2. The van der Waals surface area contributed by atoms with E-state index >= 15 is 0 Å². The lowest BCUT2D eigenvalue weighted by Crippen LogP contribution is -2.30. The minimum atomic E-state index is -2.73. The third kappa shape index (κ3) is 4.44. The van der Waals surface area contributed by atoms with E-state index in [9.17, 15) is 8.63 Å². The van der Waals surface area contributed by atoms with Gasteiger partial charge in [-0.25, -0.2) is 4.99 Å². The van der Waals surface area contributed by atoms with Gasteiger partial charge in [-0.05, 0) is 47.3 Å². The van der Waals surface area contributed by atoms with Crippen LogP contribution in [-0.4, -0.2) is 24.8 Å². The Morgan fingerprint density at radius 3 is 2.28 bits per heavy atom. The maximum Gasteiger partial charge on any atom is 0.678 e. The highest BCUT2D eigenvalue weighted by Gasteiger charge is 2.19. The summed E-state index contributed by atoms with van der Waals surface area (Å²) in [5.41, 5.74) is 3.96. The number of nitrogens with zero attached hydrogens (tertiary/aromatic N) is 3. The zero-order chi connectivity index (χ0) is 22.5. The van der Waals surface area contributed by atoms with Gasteiger partial charge in [0.15, 0.2) is 5.84 Å². The van der Waals surface area contributed by atoms with E-state index in [1.807, 2.05) is 85.8 Å². The molecule has 32 heavy (non-hydrogen) atoms. The van der Waals surface area contributed by atoms with Crippen LogP contribution in [0.1, 0.15) is 16.7 Å². The van der Waals surface area contributed by atoms with Crippen LogP contribution in [0.2, 0.25) is 0 Å². The Kier molecular flexibility index (Phi) is 6.40. The molecule has 0 radical (unpaired) electrons. The van der Waals surface area contributed by atoms with Crippen LogP contribution in [0.5, 0.6) is 0 Å². The van der Waals surface area contributed by atoms with Crippen LogP contribution in [-0.2, 0) is 0 Å². The number of aromatic nitrogens is 1. The van der Waals surface area contributed by atoms with Gasteiger partial charge in [-0.2, -0.15) is 0 Å². The van der Waals surface area contributed by atoms with E-state index in [0.29, 0.717) is 11.2 Å². The van der Waals surface area contributed by atoms with Crippen LogP contribution in [0, 0.1) is 6.92 Å². The van der Waals surface area contributed by atoms with Gasteiger partial charge in [0.25, 0.3) is 0 Å². The summed E-state index contributed by atoms with van der Waals surface area (Å²) >= 11 is 0. The second-order valence-corrected chi connectivity index (χ2v) is 7.35. The summed E-state index contributed by atoms with van der Waals surface area (Å²) in [5, 5.41) is 1.47. The first-order valence-corrected chi connectivity index (χ1v) is 10.3. The normalized spacial score (nSPS) is 12.9. The molecule has 3 aromatic carbocycles. The fourth-order valence-electron chi connectivity index (χ4n) is 3.62. The molecule has 0 aliphatic heterocycles. The van der Waals surface area contributed by atoms with E-state index in [-0.39, 0.29) is 5.49 Å². The van der Waals surface area contributed by atoms with E-state index in [1.54, 1.807) is 19.2 Å². The van der Waals surface area contributed by atoms with Crippen molar-refractivity contribution in [3.63, 3.8) is 0 Å². The lowest BCUT2D eigenvalue weighted by Gasteiger charge is -2.11. The summed E-state index contributed by atoms with van der Waals surface area (Å²) in [6.45, 7) is 2.03. The van der Waals surface area contributed by atoms with E-state index in [1.165, 1.54) is 6.20 Å². The van der Waals surface area contributed by atoms with Crippen molar-refractivity contribution < 1.29 is 8.63 Å². The molecular formula is C26H22BF2N3. The van der Waals surface area contributed by atoms with E-state index < -0.39 is 7.40 Å². The van der Waals surface area contributed by atoms with Gasteiger partial charge in [0.05, 0.1) is 0 Å². The Bertz CT molecular complexity index is 1370. The number of benzene rings is 3. The van der Waals surface area contributed by atoms with Crippen LogP contribution in [0.3, 0.4) is 0 Å². The molecule has 1 aromatic heterocycles. The molecule has 4 rings (SSSR count). The number of hydrogen-bond acceptors (Lipinski definition) is 1. The van der Waals surface area contributed by atoms with Crippen LogP contribution >= 0.6 is 0 Å². The molecule has 0 N–H and O–H groups in total. The summed E-state index contributed by atoms with van der Waals surface area (Å²) < 4.78 is 28.6. The molecule has 0 fully saturated rings. The van der Waals surface area contributed by atoms with Crippen LogP contribution in [0.15, 0.2) is 101 Å². The molecule has 158 valence electrons. The predicted octanol–water partition coefficient (Wildman–Crippen LogP) is 5.89. The number of pyridine rings is 1. The molecule has 0 spiro atoms. The fraction of sp³-hybridized carbons (Fsp3) is 0.0769. The van der Waals surface area contributed by atoms with Crippen molar-refractivity contribution in [1.29, 1.82) is 0 Å². The average Bonchev–Trinajstić information content (AvgIpc) is 2.82. The second-order valence-electron chi connectivity index (χ2n) is 7.35. The number of aliphatic imine (C=N–C) groups is 1. The summed E-state index contributed by atoms with van der Waals surface area (Å²) in [6.07, 6.45) is 3.38. The van der Waals surface area contributed by atoms with Crippen LogP contribution < -0.4 is 5.49 Å². The molecule has 6 heteroatoms.